The van der Waals surface area contributed by atoms with Crippen LogP contribution in [0.4, 0.5) is 5.69 Å². The van der Waals surface area contributed by atoms with Crippen LogP contribution in [0, 0.1) is 6.92 Å². The van der Waals surface area contributed by atoms with E-state index in [0.29, 0.717) is 42.9 Å². The van der Waals surface area contributed by atoms with E-state index in [4.69, 9.17) is 49.0 Å². The van der Waals surface area contributed by atoms with Gasteiger partial charge in [-0.1, -0.05) is 46.5 Å². The third kappa shape index (κ3) is 7.04. The molecule has 1 saturated heterocycles. The number of rotatable bonds is 10. The normalized spacial score (nSPS) is 16.1. The number of benzene rings is 1. The number of carbonyl (C=O) groups excluding carboxylic acids is 3. The van der Waals surface area contributed by atoms with Gasteiger partial charge in [0.2, 0.25) is 0 Å². The van der Waals surface area contributed by atoms with Crippen LogP contribution >= 0.6 is 34.8 Å². The van der Waals surface area contributed by atoms with Gasteiger partial charge in [0.05, 0.1) is 18.4 Å². The van der Waals surface area contributed by atoms with Gasteiger partial charge in [-0.25, -0.2) is 4.79 Å². The number of halogens is 3. The summed E-state index contributed by atoms with van der Waals surface area (Å²) in [5.41, 5.74) is 3.20. The number of ether oxygens (including phenoxy) is 3. The summed E-state index contributed by atoms with van der Waals surface area (Å²) in [5.74, 6) is -1.26. The predicted molar refractivity (Wildman–Crippen MR) is 138 cm³/mol. The number of nitrogens with one attached hydrogen (secondary N) is 2. The molecule has 9 nitrogen and oxygen atoms in total. The standard InChI is InChI=1S/C24H30Cl3N3O6/c1-14(5-7-18(31)35-11-10-30-9-8-28-13-30)4-6-16-20(29-23(33)24(25,26)27)19-17(12-36-22(19)32)15(2)21(16)34-3/h4,28H,5-13H2,1-3H3,(H,29,33). The highest BCUT2D eigenvalue weighted by Crippen LogP contribution is 2.42. The number of carbonyl (C=O) groups is 3. The number of amides is 1. The molecule has 198 valence electrons. The molecule has 2 aliphatic heterocycles. The van der Waals surface area contributed by atoms with Crippen LogP contribution in [0.3, 0.4) is 0 Å². The highest BCUT2D eigenvalue weighted by molar-refractivity contribution is 6.76. The molecule has 1 amide bonds. The molecule has 0 radical (unpaired) electrons. The third-order valence-corrected chi connectivity index (χ3v) is 6.68. The number of alkyl halides is 3. The van der Waals surface area contributed by atoms with Crippen molar-refractivity contribution < 1.29 is 28.6 Å². The Kier molecular flexibility index (Phi) is 9.88. The van der Waals surface area contributed by atoms with E-state index >= 15 is 0 Å². The fourth-order valence-electron chi connectivity index (χ4n) is 4.16. The Balaban J connectivity index is 1.74. The minimum absolute atomic E-state index is 0.0541. The summed E-state index contributed by atoms with van der Waals surface area (Å²) in [4.78, 5) is 39.3. The number of cyclic esters (lactones) is 1. The van der Waals surface area contributed by atoms with Gasteiger partial charge in [-0.15, -0.1) is 0 Å². The minimum Gasteiger partial charge on any atom is -0.496 e. The fourth-order valence-corrected chi connectivity index (χ4v) is 4.30. The van der Waals surface area contributed by atoms with E-state index in [1.54, 1.807) is 0 Å². The van der Waals surface area contributed by atoms with Crippen molar-refractivity contribution >= 4 is 58.3 Å². The average molecular weight is 563 g/mol. The van der Waals surface area contributed by atoms with Gasteiger partial charge < -0.3 is 24.8 Å². The SMILES string of the molecule is COc1c(C)c2c(c(NC(=O)C(Cl)(Cl)Cl)c1CC=C(C)CCC(=O)OCCN1CCNC1)C(=O)OC2. The molecule has 36 heavy (non-hydrogen) atoms. The van der Waals surface area contributed by atoms with Crippen LogP contribution in [-0.4, -0.2) is 66.6 Å². The van der Waals surface area contributed by atoms with Gasteiger partial charge in [0.15, 0.2) is 0 Å². The van der Waals surface area contributed by atoms with Gasteiger partial charge in [0, 0.05) is 43.9 Å². The molecule has 0 unspecified atom stereocenters. The third-order valence-electron chi connectivity index (χ3n) is 6.16. The van der Waals surface area contributed by atoms with Gasteiger partial charge >= 0.3 is 11.9 Å². The Morgan fingerprint density at radius 2 is 2.03 bits per heavy atom. The lowest BCUT2D eigenvalue weighted by molar-refractivity contribution is -0.144. The quantitative estimate of drug-likeness (QED) is 0.253. The lowest BCUT2D eigenvalue weighted by Crippen LogP contribution is -2.28. The number of nitrogens with zero attached hydrogens (tertiary/aromatic N) is 1. The maximum absolute atomic E-state index is 12.5. The first-order valence-corrected chi connectivity index (χ1v) is 12.7. The molecule has 1 fully saturated rings. The molecule has 1 aromatic carbocycles. The monoisotopic (exact) mass is 561 g/mol. The number of methoxy groups -OCH3 is 1. The maximum Gasteiger partial charge on any atom is 0.341 e. The van der Waals surface area contributed by atoms with Crippen LogP contribution in [0.5, 0.6) is 5.75 Å². The Morgan fingerprint density at radius 1 is 1.28 bits per heavy atom. The van der Waals surface area contributed by atoms with Crippen LogP contribution < -0.4 is 15.4 Å². The Hall–Kier alpha value is -2.04. The lowest BCUT2D eigenvalue weighted by Gasteiger charge is -2.21. The largest absolute Gasteiger partial charge is 0.496 e. The zero-order valence-electron chi connectivity index (χ0n) is 20.5. The number of fused-ring (bicyclic) bond motifs is 1. The molecule has 0 atom stereocenters. The van der Waals surface area contributed by atoms with Crippen LogP contribution in [0.25, 0.3) is 0 Å². The van der Waals surface area contributed by atoms with Gasteiger partial charge in [0.1, 0.15) is 19.0 Å². The Bertz CT molecular complexity index is 1050. The molecule has 2 heterocycles. The zero-order chi connectivity index (χ0) is 26.5. The minimum atomic E-state index is -2.23. The van der Waals surface area contributed by atoms with Crippen molar-refractivity contribution in [1.29, 1.82) is 0 Å². The second kappa shape index (κ2) is 12.5. The number of allylic oxidation sites excluding steroid dienone is 2. The van der Waals surface area contributed by atoms with Gasteiger partial charge in [0.25, 0.3) is 9.70 Å². The number of hydrogen-bond donors (Lipinski definition) is 2. The maximum atomic E-state index is 12.5. The van der Waals surface area contributed by atoms with E-state index in [1.807, 2.05) is 19.9 Å². The van der Waals surface area contributed by atoms with Crippen LogP contribution in [0.2, 0.25) is 0 Å². The van der Waals surface area contributed by atoms with E-state index in [-0.39, 0.29) is 30.2 Å². The molecule has 0 spiro atoms. The topological polar surface area (TPSA) is 106 Å². The molecular formula is C24H30Cl3N3O6. The average Bonchev–Trinajstić information content (AvgIpc) is 3.47. The highest BCUT2D eigenvalue weighted by Gasteiger charge is 2.36. The van der Waals surface area contributed by atoms with E-state index in [0.717, 1.165) is 30.9 Å². The van der Waals surface area contributed by atoms with Crippen molar-refractivity contribution in [3.8, 4) is 5.75 Å². The summed E-state index contributed by atoms with van der Waals surface area (Å²) in [6, 6.07) is 0. The van der Waals surface area contributed by atoms with Crippen LogP contribution in [-0.2, 0) is 32.1 Å². The number of anilines is 1. The van der Waals surface area contributed by atoms with Gasteiger partial charge in [-0.2, -0.15) is 0 Å². The fraction of sp³-hybridized carbons (Fsp3) is 0.542. The summed E-state index contributed by atoms with van der Waals surface area (Å²) in [6.07, 6.45) is 2.93. The Labute approximate surface area is 225 Å². The first kappa shape index (κ1) is 28.5. The molecule has 3 rings (SSSR count). The summed E-state index contributed by atoms with van der Waals surface area (Å²) >= 11 is 17.3. The molecular weight excluding hydrogens is 533 g/mol. The first-order valence-electron chi connectivity index (χ1n) is 11.5. The number of hydrogen-bond acceptors (Lipinski definition) is 8. The number of esters is 2. The van der Waals surface area contributed by atoms with Crippen molar-refractivity contribution in [3.05, 3.63) is 33.9 Å². The summed E-state index contributed by atoms with van der Waals surface area (Å²) < 4.78 is 13.9. The second-order valence-electron chi connectivity index (χ2n) is 8.64. The zero-order valence-corrected chi connectivity index (χ0v) is 22.7. The highest BCUT2D eigenvalue weighted by atomic mass is 35.6. The second-order valence-corrected chi connectivity index (χ2v) is 10.9. The van der Waals surface area contributed by atoms with Crippen molar-refractivity contribution in [2.75, 3.05) is 45.3 Å². The van der Waals surface area contributed by atoms with Gasteiger partial charge in [-0.05, 0) is 32.3 Å². The first-order chi connectivity index (χ1) is 17.0. The summed E-state index contributed by atoms with van der Waals surface area (Å²) in [6.45, 7) is 7.54. The molecule has 12 heteroatoms. The smallest absolute Gasteiger partial charge is 0.341 e. The van der Waals surface area contributed by atoms with Crippen molar-refractivity contribution in [3.63, 3.8) is 0 Å². The van der Waals surface area contributed by atoms with Crippen molar-refractivity contribution in [2.45, 2.75) is 43.5 Å². The molecule has 2 N–H and O–H groups in total. The van der Waals surface area contributed by atoms with E-state index in [1.165, 1.54) is 7.11 Å². The molecule has 0 bridgehead atoms. The molecule has 1 aromatic rings. The molecule has 0 aromatic heterocycles. The Morgan fingerprint density at radius 3 is 2.67 bits per heavy atom. The van der Waals surface area contributed by atoms with E-state index in [2.05, 4.69) is 15.5 Å². The summed E-state index contributed by atoms with van der Waals surface area (Å²) in [5, 5.41) is 5.80. The van der Waals surface area contributed by atoms with Crippen molar-refractivity contribution in [1.82, 2.24) is 10.2 Å². The van der Waals surface area contributed by atoms with Crippen molar-refractivity contribution in [2.24, 2.45) is 0 Å². The predicted octanol–water partition coefficient (Wildman–Crippen LogP) is 3.66. The molecule has 0 saturated carbocycles. The van der Waals surface area contributed by atoms with Gasteiger partial charge in [-0.3, -0.25) is 14.5 Å². The molecule has 2 aliphatic rings. The molecule has 0 aliphatic carbocycles. The van der Waals surface area contributed by atoms with E-state index in [9.17, 15) is 14.4 Å². The summed E-state index contributed by atoms with van der Waals surface area (Å²) in [7, 11) is 1.50. The lowest BCUT2D eigenvalue weighted by atomic mass is 9.93. The van der Waals surface area contributed by atoms with Crippen LogP contribution in [0.15, 0.2) is 11.6 Å². The van der Waals surface area contributed by atoms with Crippen LogP contribution in [0.1, 0.15) is 46.8 Å². The van der Waals surface area contributed by atoms with E-state index < -0.39 is 15.7 Å².